The van der Waals surface area contributed by atoms with E-state index in [1.807, 2.05) is 24.3 Å². The van der Waals surface area contributed by atoms with Gasteiger partial charge in [0.05, 0.1) is 18.8 Å². The first-order valence-electron chi connectivity index (χ1n) is 8.23. The van der Waals surface area contributed by atoms with Crippen molar-refractivity contribution in [2.45, 2.75) is 24.9 Å². The van der Waals surface area contributed by atoms with E-state index in [-0.39, 0.29) is 0 Å². The minimum atomic E-state index is -2.97. The van der Waals surface area contributed by atoms with Crippen LogP contribution >= 0.6 is 11.3 Å². The molecule has 0 aliphatic rings. The summed E-state index contributed by atoms with van der Waals surface area (Å²) in [5.41, 5.74) is 4.71. The number of ether oxygens (including phenoxy) is 1. The van der Waals surface area contributed by atoms with Gasteiger partial charge in [-0.1, -0.05) is 0 Å². The number of aliphatic hydroxyl groups is 1. The molecule has 0 atom stereocenters. The van der Waals surface area contributed by atoms with Crippen molar-refractivity contribution < 1.29 is 39.5 Å². The van der Waals surface area contributed by atoms with E-state index < -0.39 is 36.4 Å². The van der Waals surface area contributed by atoms with Gasteiger partial charge >= 0.3 is 0 Å². The summed E-state index contributed by atoms with van der Waals surface area (Å²) in [6.45, 7) is 0.645. The maximum atomic E-state index is 10.1. The first-order chi connectivity index (χ1) is 13.6. The summed E-state index contributed by atoms with van der Waals surface area (Å²) in [7, 11) is 1.66. The average molecular weight is 423 g/mol. The predicted molar refractivity (Wildman–Crippen MR) is 96.1 cm³/mol. The van der Waals surface area contributed by atoms with Gasteiger partial charge < -0.3 is 45.3 Å². The second kappa shape index (κ2) is 11.1. The molecular weight excluding hydrogens is 404 g/mol. The van der Waals surface area contributed by atoms with Crippen molar-refractivity contribution in [1.82, 2.24) is 4.98 Å². The van der Waals surface area contributed by atoms with Crippen molar-refractivity contribution in [3.05, 3.63) is 35.3 Å². The Kier molecular flexibility index (Phi) is 9.19. The van der Waals surface area contributed by atoms with Crippen molar-refractivity contribution in [2.75, 3.05) is 13.7 Å². The minimum Gasteiger partial charge on any atom is -0.550 e. The number of nitrogens with two attached hydrogens (primary N) is 1. The molecule has 0 bridgehead atoms. The van der Waals surface area contributed by atoms with Crippen LogP contribution in [0.15, 0.2) is 29.6 Å². The number of thiazole rings is 1. The van der Waals surface area contributed by atoms with E-state index in [1.165, 1.54) is 0 Å². The van der Waals surface area contributed by atoms with Crippen LogP contribution in [0, 0.1) is 0 Å². The molecule has 0 saturated carbocycles. The number of carbonyl (C=O) groups is 3. The minimum absolute atomic E-state index is 0.645. The lowest BCUT2D eigenvalue weighted by molar-refractivity contribution is -0.339. The molecule has 0 amide bonds. The van der Waals surface area contributed by atoms with E-state index in [9.17, 15) is 29.7 Å². The van der Waals surface area contributed by atoms with Gasteiger partial charge in [-0.3, -0.25) is 0 Å². The zero-order valence-corrected chi connectivity index (χ0v) is 16.3. The van der Waals surface area contributed by atoms with Crippen LogP contribution in [0.1, 0.15) is 18.5 Å². The lowest BCUT2D eigenvalue weighted by Gasteiger charge is -2.29. The van der Waals surface area contributed by atoms with Crippen LogP contribution in [0.5, 0.6) is 5.75 Å². The number of aromatic nitrogens is 1. The molecule has 1 heterocycles. The summed E-state index contributed by atoms with van der Waals surface area (Å²) in [5.74, 6) is -5.12. The highest BCUT2D eigenvalue weighted by Crippen LogP contribution is 2.25. The first-order valence-corrected chi connectivity index (χ1v) is 9.11. The van der Waals surface area contributed by atoms with Gasteiger partial charge in [0.15, 0.2) is 0 Å². The maximum Gasteiger partial charge on any atom is 0.123 e. The number of hydrogen-bond acceptors (Lipinski definition) is 11. The maximum absolute atomic E-state index is 10.1. The molecule has 10 nitrogen and oxygen atoms in total. The summed E-state index contributed by atoms with van der Waals surface area (Å²) in [5, 5.41) is 42.0. The Hall–Kier alpha value is -3.02. The molecule has 0 fully saturated rings. The van der Waals surface area contributed by atoms with Gasteiger partial charge in [0.1, 0.15) is 16.4 Å². The number of carboxylic acid groups (broad SMARTS) is 3. The SMILES string of the molecule is COc1ccc(-c2nc(CCN)cs2)cc1.O=C([O-])CC(O)(CC(=O)[O-])C(=O)[O-]. The largest absolute Gasteiger partial charge is 0.550 e. The second-order valence-electron chi connectivity index (χ2n) is 5.83. The fourth-order valence-electron chi connectivity index (χ4n) is 2.12. The molecule has 0 aliphatic carbocycles. The number of nitrogens with zero attached hydrogens (tertiary/aromatic N) is 1. The Labute approximate surface area is 170 Å². The molecule has 0 aliphatic heterocycles. The number of hydrogen-bond donors (Lipinski definition) is 2. The molecule has 11 heteroatoms. The first kappa shape index (κ1) is 24.0. The molecule has 158 valence electrons. The van der Waals surface area contributed by atoms with Crippen molar-refractivity contribution >= 4 is 29.2 Å². The molecular formula is C18H19N2O8S-3. The molecule has 3 N–H and O–H groups in total. The van der Waals surface area contributed by atoms with E-state index >= 15 is 0 Å². The molecule has 1 aromatic carbocycles. The molecule has 0 unspecified atom stereocenters. The van der Waals surface area contributed by atoms with Gasteiger partial charge in [-0.2, -0.15) is 0 Å². The van der Waals surface area contributed by atoms with Crippen LogP contribution < -0.4 is 25.8 Å². The summed E-state index contributed by atoms with van der Waals surface area (Å²) >= 11 is 1.65. The summed E-state index contributed by atoms with van der Waals surface area (Å²) in [6, 6.07) is 7.92. The van der Waals surface area contributed by atoms with E-state index in [0.29, 0.717) is 6.54 Å². The number of methoxy groups -OCH3 is 1. The third kappa shape index (κ3) is 7.86. The third-order valence-corrected chi connectivity index (χ3v) is 4.48. The van der Waals surface area contributed by atoms with Gasteiger partial charge in [0.25, 0.3) is 0 Å². The number of aliphatic carboxylic acids is 3. The van der Waals surface area contributed by atoms with E-state index in [2.05, 4.69) is 10.4 Å². The summed E-state index contributed by atoms with van der Waals surface area (Å²) in [4.78, 5) is 34.5. The molecule has 1 aromatic heterocycles. The quantitative estimate of drug-likeness (QED) is 0.422. The molecule has 2 rings (SSSR count). The average Bonchev–Trinajstić information content (AvgIpc) is 3.10. The fourth-order valence-corrected chi connectivity index (χ4v) is 2.98. The number of rotatable bonds is 9. The zero-order valence-electron chi connectivity index (χ0n) is 15.5. The highest BCUT2D eigenvalue weighted by Gasteiger charge is 2.29. The Morgan fingerprint density at radius 2 is 1.69 bits per heavy atom. The summed E-state index contributed by atoms with van der Waals surface area (Å²) < 4.78 is 5.12. The van der Waals surface area contributed by atoms with Crippen molar-refractivity contribution in [1.29, 1.82) is 0 Å². The Balaban J connectivity index is 0.000000298. The van der Waals surface area contributed by atoms with Crippen LogP contribution in [-0.4, -0.2) is 47.3 Å². The standard InChI is InChI=1S/C12H14N2OS.C6H8O7/c1-15-11-4-2-9(3-5-11)12-14-10(6-7-13)8-16-12;7-3(8)1-6(13,5(11)12)2-4(9)10/h2-5,8H,6-7,13H2,1H3;13H,1-2H2,(H,7,8)(H,9,10)(H,11,12)/p-3. The molecule has 0 radical (unpaired) electrons. The van der Waals surface area contributed by atoms with Crippen molar-refractivity contribution in [3.63, 3.8) is 0 Å². The Morgan fingerprint density at radius 3 is 2.10 bits per heavy atom. The molecule has 2 aromatic rings. The third-order valence-electron chi connectivity index (χ3n) is 3.54. The van der Waals surface area contributed by atoms with Crippen LogP contribution in [0.25, 0.3) is 10.6 Å². The van der Waals surface area contributed by atoms with Gasteiger partial charge in [-0.15, -0.1) is 11.3 Å². The molecule has 0 spiro atoms. The number of carbonyl (C=O) groups excluding carboxylic acids is 3. The van der Waals surface area contributed by atoms with Gasteiger partial charge in [0.2, 0.25) is 0 Å². The van der Waals surface area contributed by atoms with Gasteiger partial charge in [0, 0.05) is 42.1 Å². The van der Waals surface area contributed by atoms with Gasteiger partial charge in [-0.05, 0) is 30.8 Å². The normalized spacial score (nSPS) is 10.6. The van der Waals surface area contributed by atoms with Gasteiger partial charge in [-0.25, -0.2) is 4.98 Å². The predicted octanol–water partition coefficient (Wildman–Crippen LogP) is -2.93. The Morgan fingerprint density at radius 1 is 1.14 bits per heavy atom. The fraction of sp³-hybridized carbons (Fsp3) is 0.333. The molecule has 29 heavy (non-hydrogen) atoms. The van der Waals surface area contributed by atoms with Crippen molar-refractivity contribution in [2.24, 2.45) is 5.73 Å². The monoisotopic (exact) mass is 423 g/mol. The number of carboxylic acids is 3. The second-order valence-corrected chi connectivity index (χ2v) is 6.69. The van der Waals surface area contributed by atoms with Crippen LogP contribution in [-0.2, 0) is 20.8 Å². The highest BCUT2D eigenvalue weighted by atomic mass is 32.1. The lowest BCUT2D eigenvalue weighted by atomic mass is 9.96. The smallest absolute Gasteiger partial charge is 0.123 e. The molecule has 0 saturated heterocycles. The topological polar surface area (TPSA) is 189 Å². The van der Waals surface area contributed by atoms with Crippen LogP contribution in [0.2, 0.25) is 0 Å². The zero-order chi connectivity index (χ0) is 22.0. The summed E-state index contributed by atoms with van der Waals surface area (Å²) in [6.07, 6.45) is -1.88. The van der Waals surface area contributed by atoms with E-state index in [1.54, 1.807) is 18.4 Å². The van der Waals surface area contributed by atoms with Crippen LogP contribution in [0.4, 0.5) is 0 Å². The Bertz CT molecular complexity index is 819. The van der Waals surface area contributed by atoms with E-state index in [0.717, 1.165) is 28.4 Å². The van der Waals surface area contributed by atoms with Crippen molar-refractivity contribution in [3.8, 4) is 16.3 Å². The highest BCUT2D eigenvalue weighted by molar-refractivity contribution is 7.13. The lowest BCUT2D eigenvalue weighted by Crippen LogP contribution is -2.54. The number of benzene rings is 1. The van der Waals surface area contributed by atoms with E-state index in [4.69, 9.17) is 15.6 Å². The van der Waals surface area contributed by atoms with Crippen LogP contribution in [0.3, 0.4) is 0 Å².